The van der Waals surface area contributed by atoms with Crippen molar-refractivity contribution >= 4 is 0 Å². The van der Waals surface area contributed by atoms with Crippen LogP contribution in [0.3, 0.4) is 0 Å². The topological polar surface area (TPSA) is 15.3 Å². The highest BCUT2D eigenvalue weighted by Gasteiger charge is 2.26. The molecule has 1 N–H and O–H groups in total. The van der Waals surface area contributed by atoms with Gasteiger partial charge < -0.3 is 10.2 Å². The van der Waals surface area contributed by atoms with E-state index in [1.165, 1.54) is 38.8 Å². The van der Waals surface area contributed by atoms with Crippen LogP contribution in [0.5, 0.6) is 0 Å². The minimum Gasteiger partial charge on any atom is -0.314 e. The Balaban J connectivity index is 3.95. The van der Waals surface area contributed by atoms with E-state index in [1.54, 1.807) is 0 Å². The molecule has 0 aliphatic heterocycles. The highest BCUT2D eigenvalue weighted by molar-refractivity contribution is 4.83. The van der Waals surface area contributed by atoms with Crippen LogP contribution in [-0.2, 0) is 0 Å². The average molecular weight is 242 g/mol. The zero-order valence-corrected chi connectivity index (χ0v) is 13.0. The normalized spacial score (nSPS) is 14.3. The molecular formula is C15H34N2. The number of unbranched alkanes of at least 4 members (excludes halogenated alkanes) is 2. The first-order valence-corrected chi connectivity index (χ1v) is 7.36. The Bertz CT molecular complexity index is 178. The van der Waals surface area contributed by atoms with Gasteiger partial charge in [0.2, 0.25) is 0 Å². The summed E-state index contributed by atoms with van der Waals surface area (Å²) >= 11 is 0. The SMILES string of the molecule is CCCCCN(C)CC(C)(C)C(C)NCCC. The summed E-state index contributed by atoms with van der Waals surface area (Å²) in [4.78, 5) is 2.49. The van der Waals surface area contributed by atoms with Crippen molar-refractivity contribution in [2.75, 3.05) is 26.7 Å². The van der Waals surface area contributed by atoms with Gasteiger partial charge >= 0.3 is 0 Å². The maximum atomic E-state index is 3.62. The molecule has 0 saturated heterocycles. The van der Waals surface area contributed by atoms with Gasteiger partial charge in [0.1, 0.15) is 0 Å². The third-order valence-electron chi connectivity index (χ3n) is 3.69. The van der Waals surface area contributed by atoms with Crippen LogP contribution in [0.25, 0.3) is 0 Å². The molecule has 0 rings (SSSR count). The smallest absolute Gasteiger partial charge is 0.0102 e. The van der Waals surface area contributed by atoms with Crippen LogP contribution in [0.4, 0.5) is 0 Å². The van der Waals surface area contributed by atoms with Crippen LogP contribution in [0.2, 0.25) is 0 Å². The van der Waals surface area contributed by atoms with E-state index >= 15 is 0 Å². The molecule has 1 atom stereocenters. The van der Waals surface area contributed by atoms with E-state index in [9.17, 15) is 0 Å². The molecule has 0 aromatic rings. The first-order chi connectivity index (χ1) is 7.94. The Morgan fingerprint density at radius 2 is 1.76 bits per heavy atom. The predicted octanol–water partition coefficient (Wildman–Crippen LogP) is 3.52. The van der Waals surface area contributed by atoms with Crippen molar-refractivity contribution in [1.82, 2.24) is 10.2 Å². The Labute approximate surface area is 109 Å². The maximum absolute atomic E-state index is 3.62. The molecule has 0 spiro atoms. The Hall–Kier alpha value is -0.0800. The number of hydrogen-bond donors (Lipinski definition) is 1. The largest absolute Gasteiger partial charge is 0.314 e. The first-order valence-electron chi connectivity index (χ1n) is 7.36. The van der Waals surface area contributed by atoms with Crippen LogP contribution >= 0.6 is 0 Å². The standard InChI is InChI=1S/C15H34N2/c1-7-9-10-12-17(6)13-15(4,5)14(3)16-11-8-2/h14,16H,7-13H2,1-6H3. The molecule has 0 heterocycles. The number of nitrogens with one attached hydrogen (secondary N) is 1. The van der Waals surface area contributed by atoms with Crippen LogP contribution in [0.15, 0.2) is 0 Å². The van der Waals surface area contributed by atoms with Gasteiger partial charge in [0.25, 0.3) is 0 Å². The monoisotopic (exact) mass is 242 g/mol. The quantitative estimate of drug-likeness (QED) is 0.590. The summed E-state index contributed by atoms with van der Waals surface area (Å²) in [6.07, 6.45) is 5.21. The summed E-state index contributed by atoms with van der Waals surface area (Å²) in [6, 6.07) is 0.580. The lowest BCUT2D eigenvalue weighted by Crippen LogP contribution is -2.46. The second kappa shape index (κ2) is 8.93. The zero-order valence-electron chi connectivity index (χ0n) is 13.0. The molecule has 2 nitrogen and oxygen atoms in total. The lowest BCUT2D eigenvalue weighted by molar-refractivity contribution is 0.163. The molecule has 0 aromatic heterocycles. The molecule has 0 aliphatic rings. The molecule has 0 radical (unpaired) electrons. The number of rotatable bonds is 10. The van der Waals surface area contributed by atoms with Gasteiger partial charge in [-0.1, -0.05) is 40.5 Å². The molecule has 0 aromatic carbocycles. The van der Waals surface area contributed by atoms with Crippen LogP contribution in [-0.4, -0.2) is 37.6 Å². The van der Waals surface area contributed by atoms with Gasteiger partial charge in [0.15, 0.2) is 0 Å². The number of nitrogens with zero attached hydrogens (tertiary/aromatic N) is 1. The summed E-state index contributed by atoms with van der Waals surface area (Å²) in [5, 5.41) is 3.62. The molecular weight excluding hydrogens is 208 g/mol. The fourth-order valence-corrected chi connectivity index (χ4v) is 2.18. The Morgan fingerprint density at radius 1 is 1.12 bits per heavy atom. The molecule has 1 unspecified atom stereocenters. The zero-order chi connectivity index (χ0) is 13.3. The predicted molar refractivity (Wildman–Crippen MR) is 78.6 cm³/mol. The van der Waals surface area contributed by atoms with Gasteiger partial charge in [0.05, 0.1) is 0 Å². The van der Waals surface area contributed by atoms with E-state index in [4.69, 9.17) is 0 Å². The van der Waals surface area contributed by atoms with E-state index in [0.717, 1.165) is 6.54 Å². The van der Waals surface area contributed by atoms with Gasteiger partial charge in [0, 0.05) is 12.6 Å². The van der Waals surface area contributed by atoms with E-state index in [2.05, 4.69) is 51.9 Å². The third kappa shape index (κ3) is 7.77. The average Bonchev–Trinajstić information content (AvgIpc) is 2.25. The second-order valence-corrected chi connectivity index (χ2v) is 6.11. The summed E-state index contributed by atoms with van der Waals surface area (Å²) in [7, 11) is 2.25. The molecule has 0 bridgehead atoms. The molecule has 0 aliphatic carbocycles. The Kier molecular flexibility index (Phi) is 8.89. The van der Waals surface area contributed by atoms with E-state index in [0.29, 0.717) is 11.5 Å². The van der Waals surface area contributed by atoms with Crippen LogP contribution in [0.1, 0.15) is 60.3 Å². The van der Waals surface area contributed by atoms with Gasteiger partial charge in [-0.15, -0.1) is 0 Å². The van der Waals surface area contributed by atoms with Crippen molar-refractivity contribution in [2.24, 2.45) is 5.41 Å². The van der Waals surface area contributed by atoms with Crippen molar-refractivity contribution in [2.45, 2.75) is 66.3 Å². The summed E-state index contributed by atoms with van der Waals surface area (Å²) in [5.74, 6) is 0. The lowest BCUT2D eigenvalue weighted by Gasteiger charge is -2.36. The summed E-state index contributed by atoms with van der Waals surface area (Å²) < 4.78 is 0. The lowest BCUT2D eigenvalue weighted by atomic mass is 9.84. The van der Waals surface area contributed by atoms with Crippen molar-refractivity contribution < 1.29 is 0 Å². The van der Waals surface area contributed by atoms with Crippen LogP contribution in [0, 0.1) is 5.41 Å². The maximum Gasteiger partial charge on any atom is 0.0102 e. The van der Waals surface area contributed by atoms with E-state index in [1.807, 2.05) is 0 Å². The molecule has 2 heteroatoms. The second-order valence-electron chi connectivity index (χ2n) is 6.11. The Morgan fingerprint density at radius 3 is 2.29 bits per heavy atom. The van der Waals surface area contributed by atoms with Crippen molar-refractivity contribution in [3.05, 3.63) is 0 Å². The van der Waals surface area contributed by atoms with Crippen molar-refractivity contribution in [3.8, 4) is 0 Å². The summed E-state index contributed by atoms with van der Waals surface area (Å²) in [6.45, 7) is 15.1. The third-order valence-corrected chi connectivity index (χ3v) is 3.69. The summed E-state index contributed by atoms with van der Waals surface area (Å²) in [5.41, 5.74) is 0.343. The molecule has 0 amide bonds. The molecule has 17 heavy (non-hydrogen) atoms. The van der Waals surface area contributed by atoms with Crippen molar-refractivity contribution in [1.29, 1.82) is 0 Å². The molecule has 0 saturated carbocycles. The van der Waals surface area contributed by atoms with E-state index in [-0.39, 0.29) is 0 Å². The highest BCUT2D eigenvalue weighted by atomic mass is 15.1. The number of hydrogen-bond acceptors (Lipinski definition) is 2. The van der Waals surface area contributed by atoms with Crippen molar-refractivity contribution in [3.63, 3.8) is 0 Å². The highest BCUT2D eigenvalue weighted by Crippen LogP contribution is 2.21. The minimum absolute atomic E-state index is 0.343. The fourth-order valence-electron chi connectivity index (χ4n) is 2.18. The van der Waals surface area contributed by atoms with E-state index < -0.39 is 0 Å². The van der Waals surface area contributed by atoms with Gasteiger partial charge in [-0.25, -0.2) is 0 Å². The first kappa shape index (κ1) is 16.9. The van der Waals surface area contributed by atoms with Crippen LogP contribution < -0.4 is 5.32 Å². The molecule has 104 valence electrons. The van der Waals surface area contributed by atoms with Gasteiger partial charge in [-0.2, -0.15) is 0 Å². The van der Waals surface area contributed by atoms with Gasteiger partial charge in [-0.05, 0) is 45.3 Å². The fraction of sp³-hybridized carbons (Fsp3) is 1.00. The minimum atomic E-state index is 0.343. The van der Waals surface area contributed by atoms with Gasteiger partial charge in [-0.3, -0.25) is 0 Å². The molecule has 0 fully saturated rings.